The minimum atomic E-state index is -0.455. The standard InChI is InChI=1S/C18H21N3O2S/c1-13(21-9-7-16-15(12-21)8-10-24-16)17(22)20-18(23)19-11-14-5-3-2-4-6-14/h2-6,8,10,13H,7,9,11-12H2,1H3,(H2,19,20,22,23)/t13-/m1/s1. The smallest absolute Gasteiger partial charge is 0.321 e. The number of hydrogen-bond donors (Lipinski definition) is 2. The fourth-order valence-electron chi connectivity index (χ4n) is 2.81. The van der Waals surface area contributed by atoms with E-state index in [0.29, 0.717) is 6.54 Å². The highest BCUT2D eigenvalue weighted by atomic mass is 32.1. The Hall–Kier alpha value is -2.18. The van der Waals surface area contributed by atoms with Crippen LogP contribution in [0.2, 0.25) is 0 Å². The monoisotopic (exact) mass is 343 g/mol. The lowest BCUT2D eigenvalue weighted by atomic mass is 10.1. The quantitative estimate of drug-likeness (QED) is 0.897. The topological polar surface area (TPSA) is 61.4 Å². The van der Waals surface area contributed by atoms with E-state index in [2.05, 4.69) is 27.0 Å². The number of urea groups is 1. The minimum Gasteiger partial charge on any atom is -0.334 e. The van der Waals surface area contributed by atoms with Gasteiger partial charge >= 0.3 is 6.03 Å². The molecule has 1 atom stereocenters. The van der Waals surface area contributed by atoms with Gasteiger partial charge in [-0.3, -0.25) is 15.0 Å². The summed E-state index contributed by atoms with van der Waals surface area (Å²) in [6.45, 7) is 3.85. The molecule has 2 aromatic rings. The first-order valence-corrected chi connectivity index (χ1v) is 8.93. The van der Waals surface area contributed by atoms with Crippen LogP contribution in [-0.2, 0) is 24.3 Å². The summed E-state index contributed by atoms with van der Waals surface area (Å²) in [6.07, 6.45) is 0.963. The Morgan fingerprint density at radius 1 is 1.25 bits per heavy atom. The van der Waals surface area contributed by atoms with Gasteiger partial charge in [-0.05, 0) is 35.9 Å². The number of carbonyl (C=O) groups excluding carboxylic acids is 2. The molecule has 0 bridgehead atoms. The van der Waals surface area contributed by atoms with E-state index in [1.54, 1.807) is 11.3 Å². The molecule has 5 nitrogen and oxygen atoms in total. The number of thiophene rings is 1. The zero-order valence-electron chi connectivity index (χ0n) is 13.6. The Balaban J connectivity index is 1.48. The van der Waals surface area contributed by atoms with Crippen molar-refractivity contribution in [3.8, 4) is 0 Å². The number of imide groups is 1. The molecular formula is C18H21N3O2S. The molecule has 24 heavy (non-hydrogen) atoms. The normalized spacial score (nSPS) is 15.4. The molecule has 1 aromatic heterocycles. The largest absolute Gasteiger partial charge is 0.334 e. The van der Waals surface area contributed by atoms with Crippen molar-refractivity contribution in [1.82, 2.24) is 15.5 Å². The summed E-state index contributed by atoms with van der Waals surface area (Å²) in [5.74, 6) is -0.265. The Bertz CT molecular complexity index is 714. The van der Waals surface area contributed by atoms with Crippen LogP contribution < -0.4 is 10.6 Å². The second kappa shape index (κ2) is 7.59. The molecule has 2 heterocycles. The van der Waals surface area contributed by atoms with Crippen molar-refractivity contribution in [3.63, 3.8) is 0 Å². The Morgan fingerprint density at radius 3 is 2.83 bits per heavy atom. The molecule has 0 aliphatic carbocycles. The lowest BCUT2D eigenvalue weighted by Gasteiger charge is -2.31. The van der Waals surface area contributed by atoms with Gasteiger partial charge in [0.1, 0.15) is 0 Å². The van der Waals surface area contributed by atoms with Crippen LogP contribution in [0.1, 0.15) is 22.9 Å². The third-order valence-corrected chi connectivity index (χ3v) is 5.32. The van der Waals surface area contributed by atoms with Crippen molar-refractivity contribution in [2.75, 3.05) is 6.54 Å². The summed E-state index contributed by atoms with van der Waals surface area (Å²) in [5.41, 5.74) is 2.29. The van der Waals surface area contributed by atoms with Gasteiger partial charge in [0.15, 0.2) is 0 Å². The van der Waals surface area contributed by atoms with Gasteiger partial charge in [-0.25, -0.2) is 4.79 Å². The summed E-state index contributed by atoms with van der Waals surface area (Å²) in [6, 6.07) is 10.9. The number of hydrogen-bond acceptors (Lipinski definition) is 4. The second-order valence-electron chi connectivity index (χ2n) is 5.92. The third-order valence-electron chi connectivity index (χ3n) is 4.30. The first-order chi connectivity index (χ1) is 11.6. The van der Waals surface area contributed by atoms with Crippen molar-refractivity contribution in [2.45, 2.75) is 32.5 Å². The van der Waals surface area contributed by atoms with Gasteiger partial charge in [0.2, 0.25) is 5.91 Å². The van der Waals surface area contributed by atoms with Gasteiger partial charge in [-0.1, -0.05) is 30.3 Å². The third kappa shape index (κ3) is 4.01. The van der Waals surface area contributed by atoms with Crippen LogP contribution in [0.15, 0.2) is 41.8 Å². The van der Waals surface area contributed by atoms with Crippen molar-refractivity contribution in [1.29, 1.82) is 0 Å². The number of amides is 3. The van der Waals surface area contributed by atoms with Crippen molar-refractivity contribution in [3.05, 3.63) is 57.8 Å². The van der Waals surface area contributed by atoms with E-state index in [4.69, 9.17) is 0 Å². The van der Waals surface area contributed by atoms with E-state index in [1.165, 1.54) is 10.4 Å². The maximum atomic E-state index is 12.3. The molecule has 3 amide bonds. The van der Waals surface area contributed by atoms with Crippen LogP contribution in [0.25, 0.3) is 0 Å². The van der Waals surface area contributed by atoms with Gasteiger partial charge in [-0.15, -0.1) is 11.3 Å². The zero-order valence-corrected chi connectivity index (χ0v) is 14.4. The van der Waals surface area contributed by atoms with Crippen molar-refractivity contribution >= 4 is 23.3 Å². The van der Waals surface area contributed by atoms with Gasteiger partial charge < -0.3 is 5.32 Å². The predicted molar refractivity (Wildman–Crippen MR) is 94.7 cm³/mol. The number of fused-ring (bicyclic) bond motifs is 1. The maximum absolute atomic E-state index is 12.3. The Morgan fingerprint density at radius 2 is 2.04 bits per heavy atom. The molecule has 3 rings (SSSR count). The summed E-state index contributed by atoms with van der Waals surface area (Å²) < 4.78 is 0. The molecule has 6 heteroatoms. The van der Waals surface area contributed by atoms with Crippen LogP contribution in [0, 0.1) is 0 Å². The number of nitrogens with zero attached hydrogens (tertiary/aromatic N) is 1. The molecule has 0 saturated carbocycles. The molecule has 126 valence electrons. The van der Waals surface area contributed by atoms with Crippen LogP contribution in [0.4, 0.5) is 4.79 Å². The van der Waals surface area contributed by atoms with E-state index < -0.39 is 6.03 Å². The van der Waals surface area contributed by atoms with Crippen LogP contribution in [0.5, 0.6) is 0 Å². The lowest BCUT2D eigenvalue weighted by molar-refractivity contribution is -0.125. The zero-order chi connectivity index (χ0) is 16.9. The summed E-state index contributed by atoms with van der Waals surface area (Å²) >= 11 is 1.77. The number of benzene rings is 1. The summed E-state index contributed by atoms with van der Waals surface area (Å²) in [4.78, 5) is 27.7. The molecular weight excluding hydrogens is 322 g/mol. The molecule has 1 aliphatic rings. The average Bonchev–Trinajstić information content (AvgIpc) is 3.07. The van der Waals surface area contributed by atoms with E-state index >= 15 is 0 Å². The second-order valence-corrected chi connectivity index (χ2v) is 6.92. The highest BCUT2D eigenvalue weighted by molar-refractivity contribution is 7.10. The minimum absolute atomic E-state index is 0.265. The van der Waals surface area contributed by atoms with E-state index in [9.17, 15) is 9.59 Å². The molecule has 1 aromatic carbocycles. The van der Waals surface area contributed by atoms with E-state index in [-0.39, 0.29) is 11.9 Å². The highest BCUT2D eigenvalue weighted by Gasteiger charge is 2.26. The first kappa shape index (κ1) is 16.7. The van der Waals surface area contributed by atoms with Gasteiger partial charge in [-0.2, -0.15) is 0 Å². The van der Waals surface area contributed by atoms with Crippen molar-refractivity contribution < 1.29 is 9.59 Å². The molecule has 0 fully saturated rings. The van der Waals surface area contributed by atoms with Gasteiger partial charge in [0.25, 0.3) is 0 Å². The lowest BCUT2D eigenvalue weighted by Crippen LogP contribution is -2.50. The number of nitrogens with one attached hydrogen (secondary N) is 2. The Kier molecular flexibility index (Phi) is 5.27. The van der Waals surface area contributed by atoms with Crippen LogP contribution in [-0.4, -0.2) is 29.4 Å². The molecule has 1 aliphatic heterocycles. The fourth-order valence-corrected chi connectivity index (χ4v) is 3.70. The van der Waals surface area contributed by atoms with E-state index in [1.807, 2.05) is 37.3 Å². The molecule has 0 saturated heterocycles. The molecule has 0 radical (unpaired) electrons. The predicted octanol–water partition coefficient (Wildman–Crippen LogP) is 2.52. The van der Waals surface area contributed by atoms with Gasteiger partial charge in [0, 0.05) is 24.5 Å². The molecule has 0 spiro atoms. The van der Waals surface area contributed by atoms with Gasteiger partial charge in [0.05, 0.1) is 6.04 Å². The molecule has 0 unspecified atom stereocenters. The Labute approximate surface area is 145 Å². The summed E-state index contributed by atoms with van der Waals surface area (Å²) in [5, 5.41) is 7.24. The maximum Gasteiger partial charge on any atom is 0.321 e. The summed E-state index contributed by atoms with van der Waals surface area (Å²) in [7, 11) is 0. The van der Waals surface area contributed by atoms with Crippen LogP contribution in [0.3, 0.4) is 0 Å². The fraction of sp³-hybridized carbons (Fsp3) is 0.333. The average molecular weight is 343 g/mol. The van der Waals surface area contributed by atoms with Crippen molar-refractivity contribution in [2.24, 2.45) is 0 Å². The molecule has 2 N–H and O–H groups in total. The number of carbonyl (C=O) groups is 2. The SMILES string of the molecule is C[C@H](C(=O)NC(=O)NCc1ccccc1)N1CCc2sccc2C1. The first-order valence-electron chi connectivity index (χ1n) is 8.05. The highest BCUT2D eigenvalue weighted by Crippen LogP contribution is 2.25. The van der Waals surface area contributed by atoms with Crippen LogP contribution >= 0.6 is 11.3 Å². The van der Waals surface area contributed by atoms with E-state index in [0.717, 1.165) is 25.1 Å². The number of rotatable bonds is 4.